The predicted molar refractivity (Wildman–Crippen MR) is 47.4 cm³/mol. The van der Waals surface area contributed by atoms with Gasteiger partial charge in [-0.15, -0.1) is 6.58 Å². The van der Waals surface area contributed by atoms with E-state index in [9.17, 15) is 18.0 Å². The van der Waals surface area contributed by atoms with Gasteiger partial charge in [0.25, 0.3) is 0 Å². The molecule has 0 spiro atoms. The van der Waals surface area contributed by atoms with E-state index in [1.807, 2.05) is 0 Å². The standard InChI is InChI=1S/C9H12F3NO/c1-4-5-13(7(2)3)8(14)6-9(10,11)12/h4H,1-2,5-6H2,3H3. The Morgan fingerprint density at radius 2 is 2.00 bits per heavy atom. The Morgan fingerprint density at radius 3 is 2.29 bits per heavy atom. The number of rotatable bonds is 4. The summed E-state index contributed by atoms with van der Waals surface area (Å²) in [5.41, 5.74) is 0.277. The molecule has 0 aliphatic heterocycles. The largest absolute Gasteiger partial charge is 0.397 e. The number of hydrogen-bond acceptors (Lipinski definition) is 1. The van der Waals surface area contributed by atoms with E-state index in [1.165, 1.54) is 13.0 Å². The summed E-state index contributed by atoms with van der Waals surface area (Å²) >= 11 is 0. The van der Waals surface area contributed by atoms with Gasteiger partial charge in [0.2, 0.25) is 5.91 Å². The fourth-order valence-corrected chi connectivity index (χ4v) is 0.867. The Kier molecular flexibility index (Phi) is 4.40. The van der Waals surface area contributed by atoms with Gasteiger partial charge in [0.1, 0.15) is 6.42 Å². The number of alkyl halides is 3. The van der Waals surface area contributed by atoms with E-state index < -0.39 is 18.5 Å². The molecule has 0 fully saturated rings. The van der Waals surface area contributed by atoms with Gasteiger partial charge in [-0.2, -0.15) is 13.2 Å². The number of nitrogens with zero attached hydrogens (tertiary/aromatic N) is 1. The van der Waals surface area contributed by atoms with Gasteiger partial charge in [-0.25, -0.2) is 0 Å². The summed E-state index contributed by atoms with van der Waals surface area (Å²) in [5.74, 6) is -1.01. The second kappa shape index (κ2) is 4.83. The molecule has 1 amide bonds. The normalized spacial score (nSPS) is 10.9. The maximum Gasteiger partial charge on any atom is 0.397 e. The van der Waals surface area contributed by atoms with Crippen molar-refractivity contribution >= 4 is 5.91 Å². The first kappa shape index (κ1) is 12.7. The summed E-state index contributed by atoms with van der Waals surface area (Å²) in [5, 5.41) is 0. The van der Waals surface area contributed by atoms with Gasteiger partial charge in [-0.1, -0.05) is 12.7 Å². The van der Waals surface area contributed by atoms with Gasteiger partial charge in [-0.05, 0) is 6.92 Å². The lowest BCUT2D eigenvalue weighted by Crippen LogP contribution is -2.32. The molecule has 0 radical (unpaired) electrons. The summed E-state index contributed by atoms with van der Waals surface area (Å²) in [4.78, 5) is 12.0. The fraction of sp³-hybridized carbons (Fsp3) is 0.444. The number of carbonyl (C=O) groups is 1. The zero-order valence-corrected chi connectivity index (χ0v) is 7.90. The van der Waals surface area contributed by atoms with Crippen molar-refractivity contribution in [1.29, 1.82) is 0 Å². The Labute approximate surface area is 80.7 Å². The molecule has 0 aromatic carbocycles. The minimum atomic E-state index is -4.48. The number of amides is 1. The average molecular weight is 207 g/mol. The summed E-state index contributed by atoms with van der Waals surface area (Å²) in [7, 11) is 0. The highest BCUT2D eigenvalue weighted by molar-refractivity contribution is 5.78. The van der Waals surface area contributed by atoms with Gasteiger partial charge in [0.05, 0.1) is 0 Å². The molecule has 0 rings (SSSR count). The van der Waals surface area contributed by atoms with Crippen LogP contribution in [-0.2, 0) is 4.79 Å². The van der Waals surface area contributed by atoms with Gasteiger partial charge in [0, 0.05) is 12.2 Å². The van der Waals surface area contributed by atoms with Crippen LogP contribution in [0.1, 0.15) is 13.3 Å². The number of hydrogen-bond donors (Lipinski definition) is 0. The topological polar surface area (TPSA) is 20.3 Å². The Morgan fingerprint density at radius 1 is 1.50 bits per heavy atom. The van der Waals surface area contributed by atoms with Crippen LogP contribution in [0.5, 0.6) is 0 Å². The predicted octanol–water partition coefficient (Wildman–Crippen LogP) is 2.49. The van der Waals surface area contributed by atoms with Crippen molar-refractivity contribution in [2.75, 3.05) is 6.54 Å². The summed E-state index contributed by atoms with van der Waals surface area (Å²) in [6.07, 6.45) is -4.59. The van der Waals surface area contributed by atoms with Crippen LogP contribution < -0.4 is 0 Å². The number of allylic oxidation sites excluding steroid dienone is 1. The SMILES string of the molecule is C=CCN(C(=C)C)C(=O)CC(F)(F)F. The van der Waals surface area contributed by atoms with Crippen LogP contribution in [0, 0.1) is 0 Å². The third kappa shape index (κ3) is 4.69. The van der Waals surface area contributed by atoms with E-state index >= 15 is 0 Å². The molecule has 0 aliphatic carbocycles. The zero-order valence-electron chi connectivity index (χ0n) is 7.90. The van der Waals surface area contributed by atoms with Crippen molar-refractivity contribution in [2.45, 2.75) is 19.5 Å². The molecule has 0 saturated heterocycles. The van der Waals surface area contributed by atoms with Crippen LogP contribution >= 0.6 is 0 Å². The fourth-order valence-electron chi connectivity index (χ4n) is 0.867. The summed E-state index contributed by atoms with van der Waals surface area (Å²) in [6, 6.07) is 0. The molecule has 14 heavy (non-hydrogen) atoms. The van der Waals surface area contributed by atoms with E-state index in [0.29, 0.717) is 0 Å². The second-order valence-electron chi connectivity index (χ2n) is 2.82. The molecule has 0 unspecified atom stereocenters. The highest BCUT2D eigenvalue weighted by atomic mass is 19.4. The second-order valence-corrected chi connectivity index (χ2v) is 2.82. The van der Waals surface area contributed by atoms with Crippen LogP contribution in [0.3, 0.4) is 0 Å². The molecule has 5 heteroatoms. The summed E-state index contributed by atoms with van der Waals surface area (Å²) in [6.45, 7) is 8.28. The Bertz CT molecular complexity index is 245. The molecule has 0 aromatic rings. The lowest BCUT2D eigenvalue weighted by molar-refractivity contribution is -0.159. The molecule has 0 bridgehead atoms. The highest BCUT2D eigenvalue weighted by Gasteiger charge is 2.33. The molecule has 0 heterocycles. The number of halogens is 3. The average Bonchev–Trinajstić information content (AvgIpc) is 1.95. The minimum absolute atomic E-state index is 0.0459. The van der Waals surface area contributed by atoms with Gasteiger partial charge in [-0.3, -0.25) is 4.79 Å². The van der Waals surface area contributed by atoms with Crippen LogP contribution in [-0.4, -0.2) is 23.5 Å². The minimum Gasteiger partial charge on any atom is -0.313 e. The lowest BCUT2D eigenvalue weighted by Gasteiger charge is -2.21. The first-order valence-electron chi connectivity index (χ1n) is 3.91. The maximum absolute atomic E-state index is 11.9. The third-order valence-corrected chi connectivity index (χ3v) is 1.43. The molecule has 0 atom stereocenters. The molecule has 2 nitrogen and oxygen atoms in total. The van der Waals surface area contributed by atoms with Crippen molar-refractivity contribution in [1.82, 2.24) is 4.90 Å². The van der Waals surface area contributed by atoms with E-state index in [4.69, 9.17) is 0 Å². The molecule has 0 aromatic heterocycles. The molecule has 0 N–H and O–H groups in total. The van der Waals surface area contributed by atoms with Gasteiger partial charge >= 0.3 is 6.18 Å². The van der Waals surface area contributed by atoms with E-state index in [-0.39, 0.29) is 12.2 Å². The zero-order chi connectivity index (χ0) is 11.4. The lowest BCUT2D eigenvalue weighted by atomic mass is 10.3. The van der Waals surface area contributed by atoms with E-state index in [2.05, 4.69) is 13.2 Å². The number of carbonyl (C=O) groups excluding carboxylic acids is 1. The van der Waals surface area contributed by atoms with Crippen LogP contribution in [0.4, 0.5) is 13.2 Å². The van der Waals surface area contributed by atoms with Gasteiger partial charge in [0.15, 0.2) is 0 Å². The first-order valence-corrected chi connectivity index (χ1v) is 3.91. The van der Waals surface area contributed by atoms with Crippen LogP contribution in [0.25, 0.3) is 0 Å². The Hall–Kier alpha value is -1.26. The highest BCUT2D eigenvalue weighted by Crippen LogP contribution is 2.21. The quantitative estimate of drug-likeness (QED) is 0.648. The van der Waals surface area contributed by atoms with Crippen molar-refractivity contribution in [3.8, 4) is 0 Å². The molecule has 0 aliphatic rings. The van der Waals surface area contributed by atoms with Crippen molar-refractivity contribution in [3.63, 3.8) is 0 Å². The smallest absolute Gasteiger partial charge is 0.313 e. The van der Waals surface area contributed by atoms with Crippen molar-refractivity contribution in [2.24, 2.45) is 0 Å². The molecule has 80 valence electrons. The molecular formula is C9H12F3NO. The van der Waals surface area contributed by atoms with Crippen molar-refractivity contribution < 1.29 is 18.0 Å². The molecular weight excluding hydrogens is 195 g/mol. The van der Waals surface area contributed by atoms with E-state index in [0.717, 1.165) is 4.90 Å². The first-order chi connectivity index (χ1) is 6.28. The molecule has 0 saturated carbocycles. The Balaban J connectivity index is 4.45. The maximum atomic E-state index is 11.9. The van der Waals surface area contributed by atoms with E-state index in [1.54, 1.807) is 0 Å². The van der Waals surface area contributed by atoms with Crippen LogP contribution in [0.2, 0.25) is 0 Å². The van der Waals surface area contributed by atoms with Gasteiger partial charge < -0.3 is 4.90 Å². The van der Waals surface area contributed by atoms with Crippen molar-refractivity contribution in [3.05, 3.63) is 24.9 Å². The monoisotopic (exact) mass is 207 g/mol. The van der Waals surface area contributed by atoms with Crippen LogP contribution in [0.15, 0.2) is 24.9 Å². The third-order valence-electron chi connectivity index (χ3n) is 1.43. The summed E-state index contributed by atoms with van der Waals surface area (Å²) < 4.78 is 35.6.